The number of ketones is 1. The summed E-state index contributed by atoms with van der Waals surface area (Å²) in [4.78, 5) is 11.5. The van der Waals surface area contributed by atoms with Crippen molar-refractivity contribution in [3.63, 3.8) is 0 Å². The van der Waals surface area contributed by atoms with Crippen molar-refractivity contribution in [3.8, 4) is 11.5 Å². The van der Waals surface area contributed by atoms with Crippen molar-refractivity contribution in [1.82, 2.24) is 0 Å². The van der Waals surface area contributed by atoms with Crippen LogP contribution in [0.1, 0.15) is 29.8 Å². The fourth-order valence-corrected chi connectivity index (χ4v) is 2.14. The Morgan fingerprint density at radius 2 is 2.00 bits per heavy atom. The molecule has 4 heteroatoms. The standard InChI is InChI=1S/C12H13ClO3/c1-3-8-9(7(2)14)6-10(13)12-11(8)15-4-5-16-12/h6H,3-5H2,1-2H3. The lowest BCUT2D eigenvalue weighted by atomic mass is 10.00. The van der Waals surface area contributed by atoms with Crippen LogP contribution >= 0.6 is 11.6 Å². The monoisotopic (exact) mass is 240 g/mol. The lowest BCUT2D eigenvalue weighted by Gasteiger charge is -2.23. The molecular weight excluding hydrogens is 228 g/mol. The highest BCUT2D eigenvalue weighted by Gasteiger charge is 2.23. The fraction of sp³-hybridized carbons (Fsp3) is 0.417. The van der Waals surface area contributed by atoms with Gasteiger partial charge in [0.15, 0.2) is 17.3 Å². The molecule has 0 spiro atoms. The van der Waals surface area contributed by atoms with Crippen molar-refractivity contribution in [3.05, 3.63) is 22.2 Å². The Hall–Kier alpha value is -1.22. The van der Waals surface area contributed by atoms with E-state index in [9.17, 15) is 4.79 Å². The number of hydrogen-bond acceptors (Lipinski definition) is 3. The van der Waals surface area contributed by atoms with Gasteiger partial charge in [0.1, 0.15) is 13.2 Å². The quantitative estimate of drug-likeness (QED) is 0.746. The molecule has 0 saturated heterocycles. The first-order valence-corrected chi connectivity index (χ1v) is 5.64. The molecule has 2 rings (SSSR count). The second kappa shape index (κ2) is 4.34. The van der Waals surface area contributed by atoms with E-state index in [-0.39, 0.29) is 5.78 Å². The average Bonchev–Trinajstić information content (AvgIpc) is 2.29. The molecule has 0 atom stereocenters. The van der Waals surface area contributed by atoms with Crippen molar-refractivity contribution >= 4 is 17.4 Å². The molecule has 1 aliphatic rings. The van der Waals surface area contributed by atoms with Crippen LogP contribution in [0.3, 0.4) is 0 Å². The van der Waals surface area contributed by atoms with Crippen molar-refractivity contribution in [1.29, 1.82) is 0 Å². The molecule has 1 heterocycles. The molecule has 0 saturated carbocycles. The third-order valence-electron chi connectivity index (χ3n) is 2.60. The molecule has 3 nitrogen and oxygen atoms in total. The van der Waals surface area contributed by atoms with E-state index in [2.05, 4.69) is 0 Å². The normalized spacial score (nSPS) is 13.7. The van der Waals surface area contributed by atoms with Gasteiger partial charge < -0.3 is 9.47 Å². The number of carbonyl (C=O) groups excluding carboxylic acids is 1. The predicted molar refractivity (Wildman–Crippen MR) is 61.8 cm³/mol. The van der Waals surface area contributed by atoms with Gasteiger partial charge in [0.05, 0.1) is 5.02 Å². The van der Waals surface area contributed by atoms with Crippen LogP contribution in [0.25, 0.3) is 0 Å². The number of benzene rings is 1. The maximum absolute atomic E-state index is 11.5. The maximum atomic E-state index is 11.5. The van der Waals surface area contributed by atoms with Crippen LogP contribution in [0.2, 0.25) is 5.02 Å². The summed E-state index contributed by atoms with van der Waals surface area (Å²) in [5, 5.41) is 0.442. The van der Waals surface area contributed by atoms with E-state index >= 15 is 0 Å². The van der Waals surface area contributed by atoms with E-state index < -0.39 is 0 Å². The molecule has 1 aliphatic heterocycles. The molecule has 1 aromatic carbocycles. The molecule has 0 unspecified atom stereocenters. The Bertz CT molecular complexity index is 440. The van der Waals surface area contributed by atoms with E-state index in [0.29, 0.717) is 35.3 Å². The molecule has 0 fully saturated rings. The minimum absolute atomic E-state index is 0.00396. The molecular formula is C12H13ClO3. The van der Waals surface area contributed by atoms with Crippen LogP contribution in [-0.4, -0.2) is 19.0 Å². The van der Waals surface area contributed by atoms with Gasteiger partial charge >= 0.3 is 0 Å². The van der Waals surface area contributed by atoms with Crippen molar-refractivity contribution in [2.75, 3.05) is 13.2 Å². The Morgan fingerprint density at radius 3 is 2.56 bits per heavy atom. The lowest BCUT2D eigenvalue weighted by molar-refractivity contribution is 0.101. The number of ether oxygens (including phenoxy) is 2. The van der Waals surface area contributed by atoms with Crippen LogP contribution in [-0.2, 0) is 6.42 Å². The molecule has 0 aliphatic carbocycles. The van der Waals surface area contributed by atoms with Crippen LogP contribution < -0.4 is 9.47 Å². The van der Waals surface area contributed by atoms with Crippen molar-refractivity contribution in [2.45, 2.75) is 20.3 Å². The minimum Gasteiger partial charge on any atom is -0.486 e. The topological polar surface area (TPSA) is 35.5 Å². The molecule has 0 aromatic heterocycles. The van der Waals surface area contributed by atoms with E-state index in [0.717, 1.165) is 12.0 Å². The van der Waals surface area contributed by atoms with Crippen LogP contribution in [0.5, 0.6) is 11.5 Å². The summed E-state index contributed by atoms with van der Waals surface area (Å²) in [5.74, 6) is 1.19. The number of halogens is 1. The Morgan fingerprint density at radius 1 is 1.38 bits per heavy atom. The van der Waals surface area contributed by atoms with Gasteiger partial charge in [-0.3, -0.25) is 4.79 Å². The first-order valence-electron chi connectivity index (χ1n) is 5.27. The van der Waals surface area contributed by atoms with Crippen LogP contribution in [0, 0.1) is 0 Å². The summed E-state index contributed by atoms with van der Waals surface area (Å²) in [6, 6.07) is 1.66. The molecule has 0 N–H and O–H groups in total. The lowest BCUT2D eigenvalue weighted by Crippen LogP contribution is -2.18. The Balaban J connectivity index is 2.66. The molecule has 1 aromatic rings. The third-order valence-corrected chi connectivity index (χ3v) is 2.88. The van der Waals surface area contributed by atoms with E-state index in [1.807, 2.05) is 6.92 Å². The summed E-state index contributed by atoms with van der Waals surface area (Å²) in [6.45, 7) is 4.50. The number of rotatable bonds is 2. The summed E-state index contributed by atoms with van der Waals surface area (Å²) in [5.41, 5.74) is 1.50. The average molecular weight is 241 g/mol. The highest BCUT2D eigenvalue weighted by molar-refractivity contribution is 6.32. The zero-order valence-corrected chi connectivity index (χ0v) is 10.1. The van der Waals surface area contributed by atoms with Gasteiger partial charge in [-0.1, -0.05) is 18.5 Å². The van der Waals surface area contributed by atoms with Gasteiger partial charge in [-0.15, -0.1) is 0 Å². The molecule has 0 radical (unpaired) electrons. The predicted octanol–water partition coefficient (Wildman–Crippen LogP) is 2.88. The van der Waals surface area contributed by atoms with Crippen LogP contribution in [0.15, 0.2) is 6.07 Å². The zero-order valence-electron chi connectivity index (χ0n) is 9.30. The van der Waals surface area contributed by atoms with E-state index in [1.54, 1.807) is 6.07 Å². The summed E-state index contributed by atoms with van der Waals surface area (Å²) in [6.07, 6.45) is 0.720. The van der Waals surface area contributed by atoms with Gasteiger partial charge in [0, 0.05) is 11.1 Å². The van der Waals surface area contributed by atoms with E-state index in [4.69, 9.17) is 21.1 Å². The van der Waals surface area contributed by atoms with Gasteiger partial charge in [0.25, 0.3) is 0 Å². The van der Waals surface area contributed by atoms with Gasteiger partial charge in [-0.2, -0.15) is 0 Å². The summed E-state index contributed by atoms with van der Waals surface area (Å²) in [7, 11) is 0. The van der Waals surface area contributed by atoms with Gasteiger partial charge in [-0.05, 0) is 19.4 Å². The number of Topliss-reactive ketones (excluding diaryl/α,β-unsaturated/α-hetero) is 1. The molecule has 0 amide bonds. The highest BCUT2D eigenvalue weighted by atomic mass is 35.5. The first kappa shape index (κ1) is 11.3. The Kier molecular flexibility index (Phi) is 3.06. The molecule has 86 valence electrons. The smallest absolute Gasteiger partial charge is 0.180 e. The Labute approximate surface area is 99.3 Å². The van der Waals surface area contributed by atoms with Crippen molar-refractivity contribution < 1.29 is 14.3 Å². The second-order valence-corrected chi connectivity index (χ2v) is 4.06. The molecule has 16 heavy (non-hydrogen) atoms. The van der Waals surface area contributed by atoms with Crippen LogP contribution in [0.4, 0.5) is 0 Å². The van der Waals surface area contributed by atoms with Crippen molar-refractivity contribution in [2.24, 2.45) is 0 Å². The number of fused-ring (bicyclic) bond motifs is 1. The largest absolute Gasteiger partial charge is 0.486 e. The molecule has 0 bridgehead atoms. The fourth-order valence-electron chi connectivity index (χ4n) is 1.89. The highest BCUT2D eigenvalue weighted by Crippen LogP contribution is 2.42. The third kappa shape index (κ3) is 1.76. The summed E-state index contributed by atoms with van der Waals surface area (Å²) < 4.78 is 11.0. The number of hydrogen-bond donors (Lipinski definition) is 0. The minimum atomic E-state index is -0.00396. The first-order chi connectivity index (χ1) is 7.65. The zero-order chi connectivity index (χ0) is 11.7. The summed E-state index contributed by atoms with van der Waals surface area (Å²) >= 11 is 6.06. The van der Waals surface area contributed by atoms with Gasteiger partial charge in [0.2, 0.25) is 0 Å². The van der Waals surface area contributed by atoms with Gasteiger partial charge in [-0.25, -0.2) is 0 Å². The van der Waals surface area contributed by atoms with E-state index in [1.165, 1.54) is 6.92 Å². The maximum Gasteiger partial charge on any atom is 0.180 e. The second-order valence-electron chi connectivity index (χ2n) is 3.65. The number of carbonyl (C=O) groups is 1. The SMILES string of the molecule is CCc1c(C(C)=O)cc(Cl)c2c1OCCO2.